The molecule has 2 heteroatoms. The van der Waals surface area contributed by atoms with E-state index < -0.39 is 0 Å². The van der Waals surface area contributed by atoms with Gasteiger partial charge in [0, 0.05) is 0 Å². The zero-order valence-electron chi connectivity index (χ0n) is 8.68. The van der Waals surface area contributed by atoms with Gasteiger partial charge in [-0.05, 0) is 37.5 Å². The van der Waals surface area contributed by atoms with E-state index in [9.17, 15) is 5.11 Å². The third-order valence-corrected chi connectivity index (χ3v) is 3.62. The van der Waals surface area contributed by atoms with Crippen molar-refractivity contribution in [3.63, 3.8) is 0 Å². The third kappa shape index (κ3) is 1.62. The summed E-state index contributed by atoms with van der Waals surface area (Å²) in [5.74, 6) is 0. The standard InChI is InChI=1S/C11H20O2/c1-10(2)5-3-6-11(8-10)9(12)4-7-13-11/h9,12H,3-8H2,1-2H3. The summed E-state index contributed by atoms with van der Waals surface area (Å²) in [7, 11) is 0. The van der Waals surface area contributed by atoms with E-state index in [2.05, 4.69) is 13.8 Å². The molecule has 1 aliphatic carbocycles. The molecular weight excluding hydrogens is 164 g/mol. The molecular formula is C11H20O2. The van der Waals surface area contributed by atoms with Crippen molar-refractivity contribution in [1.29, 1.82) is 0 Å². The summed E-state index contributed by atoms with van der Waals surface area (Å²) in [4.78, 5) is 0. The molecule has 2 rings (SSSR count). The van der Waals surface area contributed by atoms with Crippen LogP contribution in [0.4, 0.5) is 0 Å². The summed E-state index contributed by atoms with van der Waals surface area (Å²) in [5, 5.41) is 9.91. The van der Waals surface area contributed by atoms with Crippen molar-refractivity contribution >= 4 is 0 Å². The first-order valence-corrected chi connectivity index (χ1v) is 5.36. The Morgan fingerprint density at radius 1 is 1.31 bits per heavy atom. The molecule has 1 aliphatic heterocycles. The molecule has 2 unspecified atom stereocenters. The lowest BCUT2D eigenvalue weighted by atomic mass is 9.68. The molecule has 1 saturated heterocycles. The van der Waals surface area contributed by atoms with Crippen LogP contribution in [0.15, 0.2) is 0 Å². The maximum absolute atomic E-state index is 9.91. The molecule has 0 bridgehead atoms. The molecule has 2 nitrogen and oxygen atoms in total. The van der Waals surface area contributed by atoms with Gasteiger partial charge in [0.25, 0.3) is 0 Å². The van der Waals surface area contributed by atoms with Crippen LogP contribution < -0.4 is 0 Å². The second-order valence-corrected chi connectivity index (χ2v) is 5.41. The molecule has 1 N–H and O–H groups in total. The van der Waals surface area contributed by atoms with Crippen LogP contribution >= 0.6 is 0 Å². The van der Waals surface area contributed by atoms with Crippen LogP contribution in [0.5, 0.6) is 0 Å². The number of aliphatic hydroxyl groups is 1. The predicted octanol–water partition coefficient (Wildman–Crippen LogP) is 2.11. The topological polar surface area (TPSA) is 29.5 Å². The summed E-state index contributed by atoms with van der Waals surface area (Å²) in [6.07, 6.45) is 5.16. The number of ether oxygens (including phenoxy) is 1. The third-order valence-electron chi connectivity index (χ3n) is 3.62. The van der Waals surface area contributed by atoms with E-state index in [1.807, 2.05) is 0 Å². The van der Waals surface area contributed by atoms with Crippen LogP contribution in [-0.2, 0) is 4.74 Å². The maximum Gasteiger partial charge on any atom is 0.0946 e. The minimum absolute atomic E-state index is 0.179. The van der Waals surface area contributed by atoms with Crippen molar-refractivity contribution in [3.05, 3.63) is 0 Å². The summed E-state index contributed by atoms with van der Waals surface area (Å²) in [6, 6.07) is 0. The number of hydrogen-bond donors (Lipinski definition) is 1. The van der Waals surface area contributed by atoms with Gasteiger partial charge in [0.15, 0.2) is 0 Å². The molecule has 0 aromatic carbocycles. The molecule has 1 heterocycles. The van der Waals surface area contributed by atoms with Crippen LogP contribution in [0.25, 0.3) is 0 Å². The van der Waals surface area contributed by atoms with Crippen molar-refractivity contribution < 1.29 is 9.84 Å². The monoisotopic (exact) mass is 184 g/mol. The first kappa shape index (κ1) is 9.47. The van der Waals surface area contributed by atoms with E-state index in [0.717, 1.165) is 25.9 Å². The summed E-state index contributed by atoms with van der Waals surface area (Å²) < 4.78 is 5.78. The Morgan fingerprint density at radius 3 is 2.62 bits per heavy atom. The van der Waals surface area contributed by atoms with Crippen LogP contribution in [0.1, 0.15) is 46.0 Å². The molecule has 1 spiro atoms. The summed E-state index contributed by atoms with van der Waals surface area (Å²) in [6.45, 7) is 5.31. The molecule has 0 amide bonds. The minimum atomic E-state index is -0.216. The van der Waals surface area contributed by atoms with Gasteiger partial charge in [-0.1, -0.05) is 13.8 Å². The van der Waals surface area contributed by atoms with Gasteiger partial charge in [0.1, 0.15) is 0 Å². The highest BCUT2D eigenvalue weighted by molar-refractivity contribution is 4.99. The van der Waals surface area contributed by atoms with Crippen LogP contribution in [0, 0.1) is 5.41 Å². The first-order valence-electron chi connectivity index (χ1n) is 5.36. The van der Waals surface area contributed by atoms with Gasteiger partial charge in [-0.25, -0.2) is 0 Å². The van der Waals surface area contributed by atoms with Gasteiger partial charge in [0.2, 0.25) is 0 Å². The average Bonchev–Trinajstić information content (AvgIpc) is 2.31. The highest BCUT2D eigenvalue weighted by atomic mass is 16.5. The Hall–Kier alpha value is -0.0800. The molecule has 13 heavy (non-hydrogen) atoms. The average molecular weight is 184 g/mol. The van der Waals surface area contributed by atoms with Crippen LogP contribution in [0.2, 0.25) is 0 Å². The number of hydrogen-bond acceptors (Lipinski definition) is 2. The normalized spacial score (nSPS) is 44.1. The Balaban J connectivity index is 2.14. The molecule has 76 valence electrons. The minimum Gasteiger partial charge on any atom is -0.390 e. The molecule has 1 saturated carbocycles. The fourth-order valence-corrected chi connectivity index (χ4v) is 2.99. The Kier molecular flexibility index (Phi) is 2.16. The Morgan fingerprint density at radius 2 is 2.08 bits per heavy atom. The van der Waals surface area contributed by atoms with Crippen LogP contribution in [-0.4, -0.2) is 23.4 Å². The second kappa shape index (κ2) is 2.96. The Bertz CT molecular complexity index is 200. The van der Waals surface area contributed by atoms with Gasteiger partial charge >= 0.3 is 0 Å². The van der Waals surface area contributed by atoms with Gasteiger partial charge in [-0.15, -0.1) is 0 Å². The molecule has 2 atom stereocenters. The zero-order valence-corrected chi connectivity index (χ0v) is 8.68. The highest BCUT2D eigenvalue weighted by Gasteiger charge is 2.48. The zero-order chi connectivity index (χ0) is 9.53. The summed E-state index contributed by atoms with van der Waals surface area (Å²) in [5.41, 5.74) is 0.172. The largest absolute Gasteiger partial charge is 0.390 e. The lowest BCUT2D eigenvalue weighted by Gasteiger charge is -2.43. The van der Waals surface area contributed by atoms with Crippen molar-refractivity contribution in [2.45, 2.75) is 57.7 Å². The maximum atomic E-state index is 9.91. The van der Waals surface area contributed by atoms with E-state index >= 15 is 0 Å². The van der Waals surface area contributed by atoms with Gasteiger partial charge in [-0.2, -0.15) is 0 Å². The number of aliphatic hydroxyl groups excluding tert-OH is 1. The SMILES string of the molecule is CC1(C)CCCC2(C1)OCCC2O. The van der Waals surface area contributed by atoms with Gasteiger partial charge in [0.05, 0.1) is 18.3 Å². The Labute approximate surface area is 80.3 Å². The molecule has 0 aromatic rings. The second-order valence-electron chi connectivity index (χ2n) is 5.41. The number of rotatable bonds is 0. The fraction of sp³-hybridized carbons (Fsp3) is 1.00. The fourth-order valence-electron chi connectivity index (χ4n) is 2.99. The molecule has 2 fully saturated rings. The molecule has 0 aromatic heterocycles. The van der Waals surface area contributed by atoms with Crippen LogP contribution in [0.3, 0.4) is 0 Å². The van der Waals surface area contributed by atoms with E-state index in [1.165, 1.54) is 12.8 Å². The predicted molar refractivity (Wildman–Crippen MR) is 51.6 cm³/mol. The first-order chi connectivity index (χ1) is 6.04. The molecule has 2 aliphatic rings. The van der Waals surface area contributed by atoms with Gasteiger partial charge in [-0.3, -0.25) is 0 Å². The highest BCUT2D eigenvalue weighted by Crippen LogP contribution is 2.47. The lowest BCUT2D eigenvalue weighted by molar-refractivity contribution is -0.108. The van der Waals surface area contributed by atoms with E-state index in [0.29, 0.717) is 5.41 Å². The van der Waals surface area contributed by atoms with Crippen molar-refractivity contribution in [2.24, 2.45) is 5.41 Å². The molecule has 0 radical (unpaired) electrons. The van der Waals surface area contributed by atoms with E-state index in [-0.39, 0.29) is 11.7 Å². The smallest absolute Gasteiger partial charge is 0.0946 e. The van der Waals surface area contributed by atoms with Crippen molar-refractivity contribution in [1.82, 2.24) is 0 Å². The summed E-state index contributed by atoms with van der Waals surface area (Å²) >= 11 is 0. The van der Waals surface area contributed by atoms with Crippen molar-refractivity contribution in [3.8, 4) is 0 Å². The van der Waals surface area contributed by atoms with Crippen molar-refractivity contribution in [2.75, 3.05) is 6.61 Å². The lowest BCUT2D eigenvalue weighted by Crippen LogP contribution is -2.46. The van der Waals surface area contributed by atoms with E-state index in [1.54, 1.807) is 0 Å². The quantitative estimate of drug-likeness (QED) is 0.624. The van der Waals surface area contributed by atoms with Gasteiger partial charge < -0.3 is 9.84 Å². The van der Waals surface area contributed by atoms with E-state index in [4.69, 9.17) is 4.74 Å².